The van der Waals surface area contributed by atoms with Gasteiger partial charge in [-0.05, 0) is 12.8 Å². The summed E-state index contributed by atoms with van der Waals surface area (Å²) < 4.78 is 0. The van der Waals surface area contributed by atoms with E-state index in [4.69, 9.17) is 0 Å². The van der Waals surface area contributed by atoms with Gasteiger partial charge in [0.25, 0.3) is 0 Å². The average molecular weight is 124 g/mol. The van der Waals surface area contributed by atoms with E-state index in [-0.39, 0.29) is 0 Å². The molecule has 0 heteroatoms. The van der Waals surface area contributed by atoms with Crippen molar-refractivity contribution in [3.05, 3.63) is 11.6 Å². The van der Waals surface area contributed by atoms with Crippen molar-refractivity contribution in [1.82, 2.24) is 0 Å². The highest BCUT2D eigenvalue weighted by Gasteiger charge is 2.31. The Kier molecular flexibility index (Phi) is 1.65. The zero-order valence-corrected chi connectivity index (χ0v) is 6.70. The maximum atomic E-state index is 2.38. The van der Waals surface area contributed by atoms with Gasteiger partial charge in [-0.3, -0.25) is 0 Å². The molecule has 0 N–H and O–H groups in total. The second-order valence-corrected chi connectivity index (χ2v) is 3.49. The van der Waals surface area contributed by atoms with Crippen molar-refractivity contribution in [3.63, 3.8) is 0 Å². The molecule has 0 amide bonds. The Bertz CT molecular complexity index is 129. The molecule has 0 atom stereocenters. The maximum absolute atomic E-state index is 2.38. The van der Waals surface area contributed by atoms with Crippen LogP contribution in [-0.2, 0) is 0 Å². The molecule has 0 saturated carbocycles. The Labute approximate surface area is 58.0 Å². The summed E-state index contributed by atoms with van der Waals surface area (Å²) in [7, 11) is 0. The summed E-state index contributed by atoms with van der Waals surface area (Å²) in [5, 5.41) is 0. The van der Waals surface area contributed by atoms with Crippen LogP contribution in [0.4, 0.5) is 0 Å². The first-order chi connectivity index (χ1) is 4.17. The van der Waals surface area contributed by atoms with Gasteiger partial charge in [-0.15, -0.1) is 0 Å². The van der Waals surface area contributed by atoms with Crippen LogP contribution in [0.15, 0.2) is 11.6 Å². The van der Waals surface area contributed by atoms with Crippen LogP contribution in [0.25, 0.3) is 0 Å². The number of rotatable bonds is 3. The summed E-state index contributed by atoms with van der Waals surface area (Å²) in [5.41, 5.74) is 2.18. The van der Waals surface area contributed by atoms with Crippen molar-refractivity contribution < 1.29 is 0 Å². The lowest BCUT2D eigenvalue weighted by Gasteiger charge is -2.01. The Morgan fingerprint density at radius 1 is 1.44 bits per heavy atom. The van der Waals surface area contributed by atoms with Crippen molar-refractivity contribution >= 4 is 0 Å². The van der Waals surface area contributed by atoms with Crippen LogP contribution in [0, 0.1) is 5.41 Å². The zero-order chi connectivity index (χ0) is 6.91. The molecule has 1 aliphatic rings. The van der Waals surface area contributed by atoms with Gasteiger partial charge in [0.1, 0.15) is 0 Å². The molecule has 52 valence electrons. The van der Waals surface area contributed by atoms with Crippen LogP contribution >= 0.6 is 0 Å². The van der Waals surface area contributed by atoms with Gasteiger partial charge in [-0.1, -0.05) is 38.8 Å². The standard InChI is InChI=1S/C9H16/c1-4-5-6-8-7-9(8,2)3/h7H,4-6H2,1-3H3. The molecule has 0 radical (unpaired) electrons. The first kappa shape index (κ1) is 6.85. The van der Waals surface area contributed by atoms with Crippen molar-refractivity contribution in [1.29, 1.82) is 0 Å². The summed E-state index contributed by atoms with van der Waals surface area (Å²) in [6.45, 7) is 6.83. The SMILES string of the molecule is CCCCC1=CC1(C)C. The summed E-state index contributed by atoms with van der Waals surface area (Å²) in [5.74, 6) is 0. The van der Waals surface area contributed by atoms with Crippen LogP contribution in [0.5, 0.6) is 0 Å². The van der Waals surface area contributed by atoms with E-state index in [9.17, 15) is 0 Å². The quantitative estimate of drug-likeness (QED) is 0.507. The predicted molar refractivity (Wildman–Crippen MR) is 41.4 cm³/mol. The van der Waals surface area contributed by atoms with E-state index in [0.717, 1.165) is 0 Å². The lowest BCUT2D eigenvalue weighted by atomic mass is 10.0. The molecule has 0 unspecified atom stereocenters. The molecule has 0 aliphatic heterocycles. The van der Waals surface area contributed by atoms with Crippen molar-refractivity contribution in [3.8, 4) is 0 Å². The molecular formula is C9H16. The van der Waals surface area contributed by atoms with Gasteiger partial charge in [-0.25, -0.2) is 0 Å². The monoisotopic (exact) mass is 124 g/mol. The first-order valence-electron chi connectivity index (χ1n) is 3.89. The van der Waals surface area contributed by atoms with Crippen LogP contribution in [-0.4, -0.2) is 0 Å². The number of allylic oxidation sites excluding steroid dienone is 2. The second kappa shape index (κ2) is 2.17. The van der Waals surface area contributed by atoms with E-state index in [2.05, 4.69) is 26.8 Å². The van der Waals surface area contributed by atoms with Crippen LogP contribution in [0.2, 0.25) is 0 Å². The number of hydrogen-bond acceptors (Lipinski definition) is 0. The third-order valence-corrected chi connectivity index (χ3v) is 2.08. The smallest absolute Gasteiger partial charge is 0.00375 e. The highest BCUT2D eigenvalue weighted by atomic mass is 14.4. The summed E-state index contributed by atoms with van der Waals surface area (Å²) >= 11 is 0. The lowest BCUT2D eigenvalue weighted by molar-refractivity contribution is 0.653. The van der Waals surface area contributed by atoms with Crippen molar-refractivity contribution in [2.75, 3.05) is 0 Å². The van der Waals surface area contributed by atoms with E-state index in [1.165, 1.54) is 19.3 Å². The minimum absolute atomic E-state index is 0.509. The fourth-order valence-electron chi connectivity index (χ4n) is 1.16. The molecule has 0 nitrogen and oxygen atoms in total. The lowest BCUT2D eigenvalue weighted by Crippen LogP contribution is -1.89. The molecule has 0 aromatic carbocycles. The molecule has 0 saturated heterocycles. The minimum atomic E-state index is 0.509. The Hall–Kier alpha value is -0.260. The van der Waals surface area contributed by atoms with E-state index in [1.54, 1.807) is 5.57 Å². The summed E-state index contributed by atoms with van der Waals surface area (Å²) in [6.07, 6.45) is 6.41. The summed E-state index contributed by atoms with van der Waals surface area (Å²) in [4.78, 5) is 0. The second-order valence-electron chi connectivity index (χ2n) is 3.49. The number of unbranched alkanes of at least 4 members (excludes halogenated alkanes) is 1. The van der Waals surface area contributed by atoms with Crippen LogP contribution in [0.3, 0.4) is 0 Å². The zero-order valence-electron chi connectivity index (χ0n) is 6.70. The summed E-state index contributed by atoms with van der Waals surface area (Å²) in [6, 6.07) is 0. The van der Waals surface area contributed by atoms with Gasteiger partial charge < -0.3 is 0 Å². The van der Waals surface area contributed by atoms with E-state index >= 15 is 0 Å². The first-order valence-corrected chi connectivity index (χ1v) is 3.89. The van der Waals surface area contributed by atoms with E-state index in [0.29, 0.717) is 5.41 Å². The maximum Gasteiger partial charge on any atom is 0.00375 e. The molecule has 0 spiro atoms. The fourth-order valence-corrected chi connectivity index (χ4v) is 1.16. The van der Waals surface area contributed by atoms with E-state index in [1.807, 2.05) is 0 Å². The highest BCUT2D eigenvalue weighted by molar-refractivity contribution is 5.35. The van der Waals surface area contributed by atoms with Crippen molar-refractivity contribution in [2.24, 2.45) is 5.41 Å². The van der Waals surface area contributed by atoms with Crippen LogP contribution in [0.1, 0.15) is 40.0 Å². The highest BCUT2D eigenvalue weighted by Crippen LogP contribution is 2.45. The predicted octanol–water partition coefficient (Wildman–Crippen LogP) is 3.14. The third kappa shape index (κ3) is 1.57. The topological polar surface area (TPSA) is 0 Å². The molecule has 0 fully saturated rings. The van der Waals surface area contributed by atoms with Gasteiger partial charge in [0.15, 0.2) is 0 Å². The molecule has 0 heterocycles. The molecule has 9 heavy (non-hydrogen) atoms. The van der Waals surface area contributed by atoms with Crippen LogP contribution < -0.4 is 0 Å². The normalized spacial score (nSPS) is 21.4. The average Bonchev–Trinajstić information content (AvgIpc) is 2.35. The molecule has 1 aliphatic carbocycles. The molecule has 1 rings (SSSR count). The Morgan fingerprint density at radius 2 is 2.00 bits per heavy atom. The van der Waals surface area contributed by atoms with Gasteiger partial charge in [0.05, 0.1) is 0 Å². The molecule has 0 bridgehead atoms. The van der Waals surface area contributed by atoms with Gasteiger partial charge in [0.2, 0.25) is 0 Å². The van der Waals surface area contributed by atoms with E-state index < -0.39 is 0 Å². The molecular weight excluding hydrogens is 108 g/mol. The fraction of sp³-hybridized carbons (Fsp3) is 0.778. The molecule has 0 aromatic heterocycles. The van der Waals surface area contributed by atoms with Crippen molar-refractivity contribution in [2.45, 2.75) is 40.0 Å². The van der Waals surface area contributed by atoms with Gasteiger partial charge >= 0.3 is 0 Å². The molecule has 0 aromatic rings. The largest absolute Gasteiger partial charge is 0.0748 e. The van der Waals surface area contributed by atoms with Gasteiger partial charge in [0, 0.05) is 5.41 Å². The van der Waals surface area contributed by atoms with Gasteiger partial charge in [-0.2, -0.15) is 0 Å². The Balaban J connectivity index is 2.12. The number of hydrogen-bond donors (Lipinski definition) is 0. The third-order valence-electron chi connectivity index (χ3n) is 2.08. The Morgan fingerprint density at radius 3 is 2.33 bits per heavy atom. The minimum Gasteiger partial charge on any atom is -0.0748 e.